The first-order chi connectivity index (χ1) is 13.0. The largest absolute Gasteiger partial charge is 0.219 e. The van der Waals surface area contributed by atoms with E-state index in [1.165, 1.54) is 42.5 Å². The van der Waals surface area contributed by atoms with Crippen LogP contribution in [0.5, 0.6) is 0 Å². The fraction of sp³-hybridized carbons (Fsp3) is 0.111. The van der Waals surface area contributed by atoms with Gasteiger partial charge in [-0.1, -0.05) is 52.5 Å². The minimum absolute atomic E-state index is 0.0416. The van der Waals surface area contributed by atoms with Gasteiger partial charge in [-0.2, -0.15) is 0 Å². The van der Waals surface area contributed by atoms with E-state index in [0.717, 1.165) is 6.08 Å². The zero-order valence-corrected chi connectivity index (χ0v) is 18.7. The van der Waals surface area contributed by atoms with Crippen molar-refractivity contribution in [1.29, 1.82) is 0 Å². The molecular formula is C18H12Cl4O4S2. The lowest BCUT2D eigenvalue weighted by molar-refractivity contribution is 0.599. The molecule has 1 aliphatic carbocycles. The zero-order chi connectivity index (χ0) is 20.7. The Morgan fingerprint density at radius 1 is 0.643 bits per heavy atom. The van der Waals surface area contributed by atoms with Crippen LogP contribution in [0.1, 0.15) is 12.8 Å². The van der Waals surface area contributed by atoms with Crippen LogP contribution in [0.2, 0.25) is 20.1 Å². The van der Waals surface area contributed by atoms with Crippen molar-refractivity contribution in [3.05, 3.63) is 78.5 Å². The van der Waals surface area contributed by atoms with Crippen molar-refractivity contribution in [3.63, 3.8) is 0 Å². The number of halogens is 4. The van der Waals surface area contributed by atoms with Gasteiger partial charge in [-0.05, 0) is 55.3 Å². The minimum atomic E-state index is -4.00. The van der Waals surface area contributed by atoms with Crippen molar-refractivity contribution in [2.24, 2.45) is 0 Å². The molecule has 2 aromatic rings. The second-order valence-corrected chi connectivity index (χ2v) is 11.7. The van der Waals surface area contributed by atoms with Crippen molar-refractivity contribution in [2.45, 2.75) is 22.6 Å². The Labute approximate surface area is 183 Å². The first-order valence-electron chi connectivity index (χ1n) is 7.83. The van der Waals surface area contributed by atoms with Gasteiger partial charge in [0.15, 0.2) is 0 Å². The molecule has 2 aromatic carbocycles. The van der Waals surface area contributed by atoms with Crippen LogP contribution in [-0.2, 0) is 19.7 Å². The van der Waals surface area contributed by atoms with E-state index in [1.807, 2.05) is 0 Å². The summed E-state index contributed by atoms with van der Waals surface area (Å²) < 4.78 is 51.8. The molecule has 0 fully saturated rings. The quantitative estimate of drug-likeness (QED) is 0.511. The molecule has 0 saturated carbocycles. The second kappa shape index (κ2) is 8.01. The number of rotatable bonds is 4. The Morgan fingerprint density at radius 2 is 1.07 bits per heavy atom. The first kappa shape index (κ1) is 21.7. The van der Waals surface area contributed by atoms with E-state index in [1.54, 1.807) is 0 Å². The summed E-state index contributed by atoms with van der Waals surface area (Å²) in [6, 6.07) is 7.88. The van der Waals surface area contributed by atoms with E-state index in [0.29, 0.717) is 0 Å². The van der Waals surface area contributed by atoms with E-state index in [2.05, 4.69) is 0 Å². The Balaban J connectivity index is 2.07. The second-order valence-electron chi connectivity index (χ2n) is 5.97. The summed E-state index contributed by atoms with van der Waals surface area (Å²) in [5.41, 5.74) is 0. The third-order valence-corrected chi connectivity index (χ3v) is 8.49. The molecule has 0 N–H and O–H groups in total. The number of benzene rings is 2. The highest BCUT2D eigenvalue weighted by Crippen LogP contribution is 2.34. The van der Waals surface area contributed by atoms with Crippen molar-refractivity contribution in [2.75, 3.05) is 0 Å². The molecule has 148 valence electrons. The van der Waals surface area contributed by atoms with E-state index in [4.69, 9.17) is 46.4 Å². The topological polar surface area (TPSA) is 68.3 Å². The summed E-state index contributed by atoms with van der Waals surface area (Å²) in [5.74, 6) is 0. The van der Waals surface area contributed by atoms with Crippen molar-refractivity contribution >= 4 is 66.1 Å². The highest BCUT2D eigenvalue weighted by atomic mass is 35.5. The van der Waals surface area contributed by atoms with Gasteiger partial charge >= 0.3 is 0 Å². The lowest BCUT2D eigenvalue weighted by atomic mass is 10.2. The van der Waals surface area contributed by atoms with Gasteiger partial charge in [0.25, 0.3) is 0 Å². The summed E-state index contributed by atoms with van der Waals surface area (Å²) in [5, 5.41) is 0.652. The SMILES string of the molecule is O=S(=O)(C1=CCCC(S(=O)(=O)c2cc(Cl)cc(Cl)c2)=C1)c1cc(Cl)cc(Cl)c1. The van der Waals surface area contributed by atoms with Gasteiger partial charge in [-0.15, -0.1) is 0 Å². The monoisotopic (exact) mass is 496 g/mol. The predicted molar refractivity (Wildman–Crippen MR) is 113 cm³/mol. The van der Waals surface area contributed by atoms with Gasteiger partial charge in [-0.25, -0.2) is 16.8 Å². The molecule has 0 unspecified atom stereocenters. The lowest BCUT2D eigenvalue weighted by Gasteiger charge is -2.16. The third-order valence-electron chi connectivity index (χ3n) is 3.99. The normalized spacial score (nSPS) is 15.1. The Morgan fingerprint density at radius 3 is 1.54 bits per heavy atom. The molecule has 0 heterocycles. The van der Waals surface area contributed by atoms with Gasteiger partial charge in [0.05, 0.1) is 19.6 Å². The van der Waals surface area contributed by atoms with Crippen LogP contribution >= 0.6 is 46.4 Å². The molecule has 0 spiro atoms. The van der Waals surface area contributed by atoms with Gasteiger partial charge in [0, 0.05) is 20.1 Å². The average Bonchev–Trinajstić information content (AvgIpc) is 2.60. The van der Waals surface area contributed by atoms with Crippen molar-refractivity contribution in [3.8, 4) is 0 Å². The molecular weight excluding hydrogens is 486 g/mol. The summed E-state index contributed by atoms with van der Waals surface area (Å²) in [7, 11) is -7.96. The van der Waals surface area contributed by atoms with Crippen LogP contribution < -0.4 is 0 Å². The molecule has 28 heavy (non-hydrogen) atoms. The number of sulfone groups is 2. The molecule has 0 aromatic heterocycles. The fourth-order valence-corrected chi connectivity index (χ4v) is 7.09. The molecule has 3 rings (SSSR count). The van der Waals surface area contributed by atoms with Gasteiger partial charge in [0.2, 0.25) is 19.7 Å². The van der Waals surface area contributed by atoms with Crippen LogP contribution in [-0.4, -0.2) is 16.8 Å². The standard InChI is InChI=1S/C18H12Cl4O4S2/c19-11-4-12(20)7-17(6-11)27(23,24)15-2-1-3-16(10-15)28(25,26)18-8-13(21)5-14(22)9-18/h2,4-10H,1,3H2. The molecule has 1 aliphatic rings. The summed E-state index contributed by atoms with van der Waals surface area (Å²) in [6.45, 7) is 0. The molecule has 0 bridgehead atoms. The maximum atomic E-state index is 13.0. The van der Waals surface area contributed by atoms with E-state index in [-0.39, 0.29) is 52.5 Å². The number of hydrogen-bond acceptors (Lipinski definition) is 4. The van der Waals surface area contributed by atoms with Gasteiger partial charge < -0.3 is 0 Å². The van der Waals surface area contributed by atoms with Crippen molar-refractivity contribution in [1.82, 2.24) is 0 Å². The summed E-state index contributed by atoms with van der Waals surface area (Å²) in [4.78, 5) is -0.388. The smallest absolute Gasteiger partial charge is 0.206 e. The van der Waals surface area contributed by atoms with Gasteiger partial charge in [0.1, 0.15) is 0 Å². The predicted octanol–water partition coefficient (Wildman–Crippen LogP) is 6.11. The highest BCUT2D eigenvalue weighted by Gasteiger charge is 2.28. The van der Waals surface area contributed by atoms with Crippen LogP contribution in [0, 0.1) is 0 Å². The molecule has 10 heteroatoms. The number of hydrogen-bond donors (Lipinski definition) is 0. The molecule has 0 amide bonds. The van der Waals surface area contributed by atoms with Crippen LogP contribution in [0.15, 0.2) is 68.2 Å². The zero-order valence-electron chi connectivity index (χ0n) is 14.0. The van der Waals surface area contributed by atoms with E-state index in [9.17, 15) is 16.8 Å². The average molecular weight is 498 g/mol. The number of allylic oxidation sites excluding steroid dienone is 3. The first-order valence-corrected chi connectivity index (χ1v) is 12.3. The van der Waals surface area contributed by atoms with Crippen LogP contribution in [0.3, 0.4) is 0 Å². The molecule has 4 nitrogen and oxygen atoms in total. The van der Waals surface area contributed by atoms with Crippen LogP contribution in [0.4, 0.5) is 0 Å². The molecule has 0 radical (unpaired) electrons. The van der Waals surface area contributed by atoms with E-state index >= 15 is 0 Å². The summed E-state index contributed by atoms with van der Waals surface area (Å²) >= 11 is 23.6. The lowest BCUT2D eigenvalue weighted by Crippen LogP contribution is -2.12. The maximum Gasteiger partial charge on any atom is 0.206 e. The van der Waals surface area contributed by atoms with E-state index < -0.39 is 19.7 Å². The van der Waals surface area contributed by atoms with Crippen molar-refractivity contribution < 1.29 is 16.8 Å². The Hall–Kier alpha value is -1.02. The third kappa shape index (κ3) is 4.42. The summed E-state index contributed by atoms with van der Waals surface area (Å²) in [6.07, 6.45) is 3.01. The maximum absolute atomic E-state index is 13.0. The fourth-order valence-electron chi connectivity index (χ4n) is 2.70. The molecule has 0 atom stereocenters. The molecule has 0 aliphatic heterocycles. The highest BCUT2D eigenvalue weighted by molar-refractivity contribution is 7.96. The minimum Gasteiger partial charge on any atom is -0.219 e. The van der Waals surface area contributed by atoms with Gasteiger partial charge in [-0.3, -0.25) is 0 Å². The Kier molecular flexibility index (Phi) is 6.21. The van der Waals surface area contributed by atoms with Crippen LogP contribution in [0.25, 0.3) is 0 Å². The molecule has 0 saturated heterocycles. The Bertz CT molecular complexity index is 1190.